The Bertz CT molecular complexity index is 926. The van der Waals surface area contributed by atoms with Gasteiger partial charge in [-0.25, -0.2) is 18.6 Å². The molecule has 3 rings (SSSR count). The summed E-state index contributed by atoms with van der Waals surface area (Å²) >= 11 is 2.04. The van der Waals surface area contributed by atoms with Gasteiger partial charge < -0.3 is 18.9 Å². The fraction of sp³-hybridized carbons (Fsp3) is 0.429. The Balaban J connectivity index is 1.73. The van der Waals surface area contributed by atoms with Crippen LogP contribution in [-0.2, 0) is 9.47 Å². The van der Waals surface area contributed by atoms with E-state index >= 15 is 0 Å². The van der Waals surface area contributed by atoms with Gasteiger partial charge in [0.25, 0.3) is 0 Å². The molecule has 0 atom stereocenters. The van der Waals surface area contributed by atoms with Crippen molar-refractivity contribution in [1.82, 2.24) is 4.98 Å². The van der Waals surface area contributed by atoms with Gasteiger partial charge in [-0.1, -0.05) is 0 Å². The van der Waals surface area contributed by atoms with E-state index in [0.29, 0.717) is 22.7 Å². The highest BCUT2D eigenvalue weighted by Gasteiger charge is 2.23. The normalized spacial score (nSPS) is 15.0. The maximum Gasteiger partial charge on any atom is 0.341 e. The number of benzene rings is 1. The molecule has 162 valence electrons. The summed E-state index contributed by atoms with van der Waals surface area (Å²) < 4.78 is 51.2. The lowest BCUT2D eigenvalue weighted by molar-refractivity contribution is 0.00639. The molecule has 0 radical (unpaired) electrons. The van der Waals surface area contributed by atoms with Crippen molar-refractivity contribution >= 4 is 28.6 Å². The summed E-state index contributed by atoms with van der Waals surface area (Å²) in [6.45, 7) is 6.21. The van der Waals surface area contributed by atoms with Crippen molar-refractivity contribution < 1.29 is 32.5 Å². The molecule has 0 N–H and O–H groups in total. The summed E-state index contributed by atoms with van der Waals surface area (Å²) in [6.07, 6.45) is 2.96. The molecule has 1 aliphatic heterocycles. The van der Waals surface area contributed by atoms with Gasteiger partial charge in [0.2, 0.25) is 5.88 Å². The van der Waals surface area contributed by atoms with Crippen LogP contribution < -0.4 is 9.47 Å². The second-order valence-corrected chi connectivity index (χ2v) is 8.92. The van der Waals surface area contributed by atoms with Gasteiger partial charge in [-0.2, -0.15) is 0 Å². The summed E-state index contributed by atoms with van der Waals surface area (Å²) in [5.41, 5.74) is -1.32. The fourth-order valence-electron chi connectivity index (χ4n) is 2.73. The standard InChI is InChI=1S/C21H22F2INO5/c1-21(2,3)30-20(26)14-9-16(23)18(10-15(14)22)28-13-8-17(24)19(25-11-13)29-12-4-6-27-7-5-12/h8-12H,4-7H2,1-3H3. The van der Waals surface area contributed by atoms with Crippen LogP contribution in [0.25, 0.3) is 0 Å². The molecule has 0 spiro atoms. The molecule has 0 amide bonds. The molecular weight excluding hydrogens is 511 g/mol. The molecule has 30 heavy (non-hydrogen) atoms. The minimum absolute atomic E-state index is 0.0264. The van der Waals surface area contributed by atoms with Crippen LogP contribution in [0.3, 0.4) is 0 Å². The number of nitrogens with zero attached hydrogens (tertiary/aromatic N) is 1. The van der Waals surface area contributed by atoms with Gasteiger partial charge in [0.1, 0.15) is 23.3 Å². The first-order valence-corrected chi connectivity index (χ1v) is 10.5. The van der Waals surface area contributed by atoms with E-state index in [1.807, 2.05) is 22.6 Å². The number of ether oxygens (including phenoxy) is 4. The topological polar surface area (TPSA) is 66.9 Å². The Hall–Kier alpha value is -2.01. The highest BCUT2D eigenvalue weighted by atomic mass is 127. The van der Waals surface area contributed by atoms with Crippen molar-refractivity contribution in [2.45, 2.75) is 45.3 Å². The minimum atomic E-state index is -0.948. The Labute approximate surface area is 187 Å². The summed E-state index contributed by atoms with van der Waals surface area (Å²) in [4.78, 5) is 16.3. The molecule has 1 fully saturated rings. The summed E-state index contributed by atoms with van der Waals surface area (Å²) in [7, 11) is 0. The van der Waals surface area contributed by atoms with Crippen LogP contribution >= 0.6 is 22.6 Å². The van der Waals surface area contributed by atoms with E-state index in [-0.39, 0.29) is 17.6 Å². The van der Waals surface area contributed by atoms with Gasteiger partial charge in [-0.3, -0.25) is 0 Å². The van der Waals surface area contributed by atoms with E-state index in [1.54, 1.807) is 26.8 Å². The number of hydrogen-bond acceptors (Lipinski definition) is 6. The molecule has 1 saturated heterocycles. The molecule has 1 aromatic carbocycles. The van der Waals surface area contributed by atoms with Crippen LogP contribution in [0.15, 0.2) is 24.4 Å². The summed E-state index contributed by atoms with van der Waals surface area (Å²) in [6, 6.07) is 3.19. The van der Waals surface area contributed by atoms with Crippen LogP contribution in [0.2, 0.25) is 0 Å². The fourth-order valence-corrected chi connectivity index (χ4v) is 3.30. The lowest BCUT2D eigenvalue weighted by atomic mass is 10.1. The van der Waals surface area contributed by atoms with E-state index < -0.39 is 28.8 Å². The van der Waals surface area contributed by atoms with Gasteiger partial charge in [0.05, 0.1) is 28.5 Å². The van der Waals surface area contributed by atoms with Crippen LogP contribution in [0.1, 0.15) is 44.0 Å². The molecule has 1 aromatic heterocycles. The smallest absolute Gasteiger partial charge is 0.341 e. The number of carbonyl (C=O) groups is 1. The Morgan fingerprint density at radius 3 is 2.50 bits per heavy atom. The minimum Gasteiger partial charge on any atom is -0.473 e. The maximum absolute atomic E-state index is 14.4. The zero-order chi connectivity index (χ0) is 21.9. The van der Waals surface area contributed by atoms with E-state index in [9.17, 15) is 13.6 Å². The molecule has 0 unspecified atom stereocenters. The Kier molecular flexibility index (Phi) is 7.12. The molecule has 6 nitrogen and oxygen atoms in total. The van der Waals surface area contributed by atoms with Gasteiger partial charge in [0, 0.05) is 25.0 Å². The third kappa shape index (κ3) is 6.00. The lowest BCUT2D eigenvalue weighted by Gasteiger charge is -2.23. The van der Waals surface area contributed by atoms with Crippen molar-refractivity contribution in [3.63, 3.8) is 0 Å². The van der Waals surface area contributed by atoms with Crippen molar-refractivity contribution in [3.05, 3.63) is 45.2 Å². The lowest BCUT2D eigenvalue weighted by Crippen LogP contribution is -2.26. The third-order valence-corrected chi connectivity index (χ3v) is 4.87. The van der Waals surface area contributed by atoms with Crippen LogP contribution in [-0.4, -0.2) is 35.9 Å². The molecule has 1 aliphatic rings. The molecule has 9 heteroatoms. The van der Waals surface area contributed by atoms with Crippen molar-refractivity contribution in [1.29, 1.82) is 0 Å². The van der Waals surface area contributed by atoms with E-state index in [0.717, 1.165) is 25.0 Å². The highest BCUT2D eigenvalue weighted by Crippen LogP contribution is 2.31. The number of pyridine rings is 1. The quantitative estimate of drug-likeness (QED) is 0.386. The molecule has 0 saturated carbocycles. The number of hydrogen-bond donors (Lipinski definition) is 0. The summed E-state index contributed by atoms with van der Waals surface area (Å²) in [5, 5.41) is 0. The van der Waals surface area contributed by atoms with Crippen LogP contribution in [0.5, 0.6) is 17.4 Å². The SMILES string of the molecule is CC(C)(C)OC(=O)c1cc(F)c(Oc2cnc(OC3CCOCC3)c(I)c2)cc1F. The largest absolute Gasteiger partial charge is 0.473 e. The molecule has 0 aliphatic carbocycles. The first-order valence-electron chi connectivity index (χ1n) is 9.42. The number of aromatic nitrogens is 1. The zero-order valence-electron chi connectivity index (χ0n) is 16.8. The number of rotatable bonds is 5. The second-order valence-electron chi connectivity index (χ2n) is 7.75. The highest BCUT2D eigenvalue weighted by molar-refractivity contribution is 14.1. The Morgan fingerprint density at radius 1 is 1.17 bits per heavy atom. The molecular formula is C21H22F2INO5. The van der Waals surface area contributed by atoms with E-state index in [2.05, 4.69) is 4.98 Å². The van der Waals surface area contributed by atoms with Gasteiger partial charge in [-0.15, -0.1) is 0 Å². The summed E-state index contributed by atoms with van der Waals surface area (Å²) in [5.74, 6) is -2.49. The van der Waals surface area contributed by atoms with Gasteiger partial charge in [-0.05, 0) is 49.4 Å². The monoisotopic (exact) mass is 533 g/mol. The van der Waals surface area contributed by atoms with Gasteiger partial charge in [0.15, 0.2) is 11.6 Å². The maximum atomic E-state index is 14.4. The van der Waals surface area contributed by atoms with Crippen molar-refractivity contribution in [3.8, 4) is 17.4 Å². The van der Waals surface area contributed by atoms with Crippen LogP contribution in [0.4, 0.5) is 8.78 Å². The average Bonchev–Trinajstić information content (AvgIpc) is 2.66. The van der Waals surface area contributed by atoms with Crippen LogP contribution in [0, 0.1) is 15.2 Å². The van der Waals surface area contributed by atoms with Gasteiger partial charge >= 0.3 is 5.97 Å². The average molecular weight is 533 g/mol. The number of esters is 1. The van der Waals surface area contributed by atoms with E-state index in [4.69, 9.17) is 18.9 Å². The predicted octanol–water partition coefficient (Wildman–Crippen LogP) is 5.27. The predicted molar refractivity (Wildman–Crippen MR) is 113 cm³/mol. The first kappa shape index (κ1) is 22.7. The molecule has 2 heterocycles. The first-order chi connectivity index (χ1) is 14.1. The second kappa shape index (κ2) is 9.42. The number of carbonyl (C=O) groups excluding carboxylic acids is 1. The van der Waals surface area contributed by atoms with Crippen molar-refractivity contribution in [2.24, 2.45) is 0 Å². The Morgan fingerprint density at radius 2 is 1.87 bits per heavy atom. The van der Waals surface area contributed by atoms with E-state index in [1.165, 1.54) is 6.20 Å². The van der Waals surface area contributed by atoms with Crippen molar-refractivity contribution in [2.75, 3.05) is 13.2 Å². The number of halogens is 3. The molecule has 2 aromatic rings. The third-order valence-electron chi connectivity index (χ3n) is 4.10. The zero-order valence-corrected chi connectivity index (χ0v) is 19.0. The molecule has 0 bridgehead atoms.